The molecule has 0 saturated carbocycles. The molecular weight excluding hydrogens is 286 g/mol. The lowest BCUT2D eigenvalue weighted by Gasteiger charge is -2.15. The first-order valence-corrected chi connectivity index (χ1v) is 7.02. The van der Waals surface area contributed by atoms with Crippen LogP contribution in [0.4, 0.5) is 5.95 Å². The van der Waals surface area contributed by atoms with Gasteiger partial charge in [-0.25, -0.2) is 9.97 Å². The molecule has 0 saturated heterocycles. The molecule has 118 valence electrons. The van der Waals surface area contributed by atoms with Gasteiger partial charge in [0.05, 0.1) is 19.1 Å². The number of ketones is 1. The predicted octanol–water partition coefficient (Wildman–Crippen LogP) is 0.957. The Balaban J connectivity index is 2.04. The molecule has 0 aliphatic carbocycles. The van der Waals surface area contributed by atoms with Crippen LogP contribution >= 0.6 is 0 Å². The SMILES string of the molecule is CC(=O)CC(CCn1cnc2cnc(N)nc21)COC(C)=O. The molecule has 0 aliphatic rings. The lowest BCUT2D eigenvalue weighted by molar-refractivity contribution is -0.143. The molecule has 1 atom stereocenters. The van der Waals surface area contributed by atoms with Crippen molar-refractivity contribution >= 4 is 28.9 Å². The second kappa shape index (κ2) is 6.97. The molecule has 1 unspecified atom stereocenters. The fraction of sp³-hybridized carbons (Fsp3) is 0.500. The third kappa shape index (κ3) is 4.24. The van der Waals surface area contributed by atoms with Crippen LogP contribution in [0.25, 0.3) is 11.2 Å². The van der Waals surface area contributed by atoms with E-state index in [1.165, 1.54) is 13.8 Å². The minimum absolute atomic E-state index is 0.0296. The molecule has 2 N–H and O–H groups in total. The van der Waals surface area contributed by atoms with Gasteiger partial charge in [0, 0.05) is 25.8 Å². The molecule has 2 rings (SSSR count). The number of imidazole rings is 1. The highest BCUT2D eigenvalue weighted by Crippen LogP contribution is 2.15. The summed E-state index contributed by atoms with van der Waals surface area (Å²) in [6.07, 6.45) is 4.27. The van der Waals surface area contributed by atoms with Gasteiger partial charge >= 0.3 is 5.97 Å². The standard InChI is InChI=1S/C14H19N5O3/c1-9(20)5-11(7-22-10(2)21)3-4-19-8-17-12-6-16-14(15)18-13(12)19/h6,8,11H,3-5,7H2,1-2H3,(H2,15,16,18). The van der Waals surface area contributed by atoms with Gasteiger partial charge in [0.15, 0.2) is 5.65 Å². The number of carbonyl (C=O) groups excluding carboxylic acids is 2. The smallest absolute Gasteiger partial charge is 0.302 e. The van der Waals surface area contributed by atoms with E-state index >= 15 is 0 Å². The molecule has 2 heterocycles. The topological polar surface area (TPSA) is 113 Å². The molecule has 22 heavy (non-hydrogen) atoms. The maximum absolute atomic E-state index is 11.3. The molecule has 2 aromatic heterocycles. The van der Waals surface area contributed by atoms with Gasteiger partial charge in [-0.3, -0.25) is 4.79 Å². The average molecular weight is 305 g/mol. The number of rotatable bonds is 7. The van der Waals surface area contributed by atoms with Crippen LogP contribution in [0.2, 0.25) is 0 Å². The number of carbonyl (C=O) groups is 2. The van der Waals surface area contributed by atoms with E-state index in [0.717, 1.165) is 0 Å². The summed E-state index contributed by atoms with van der Waals surface area (Å²) in [7, 11) is 0. The zero-order valence-electron chi connectivity index (χ0n) is 12.7. The van der Waals surface area contributed by atoms with Gasteiger partial charge in [0.25, 0.3) is 0 Å². The summed E-state index contributed by atoms with van der Waals surface area (Å²) in [5, 5.41) is 0. The predicted molar refractivity (Wildman–Crippen MR) is 79.8 cm³/mol. The zero-order chi connectivity index (χ0) is 16.1. The fourth-order valence-electron chi connectivity index (χ4n) is 2.24. The number of esters is 1. The fourth-order valence-corrected chi connectivity index (χ4v) is 2.24. The normalized spacial score (nSPS) is 12.3. The minimum Gasteiger partial charge on any atom is -0.466 e. The third-order valence-corrected chi connectivity index (χ3v) is 3.25. The Morgan fingerprint density at radius 2 is 2.14 bits per heavy atom. The molecule has 8 nitrogen and oxygen atoms in total. The molecule has 0 spiro atoms. The van der Waals surface area contributed by atoms with E-state index in [1.807, 2.05) is 4.57 Å². The highest BCUT2D eigenvalue weighted by atomic mass is 16.5. The summed E-state index contributed by atoms with van der Waals surface area (Å²) in [5.74, 6) is -0.117. The van der Waals surface area contributed by atoms with Crippen LogP contribution in [0.1, 0.15) is 26.7 Å². The van der Waals surface area contributed by atoms with Crippen molar-refractivity contribution in [2.75, 3.05) is 12.3 Å². The molecule has 0 amide bonds. The number of aryl methyl sites for hydroxylation is 1. The summed E-state index contributed by atoms with van der Waals surface area (Å²) >= 11 is 0. The lowest BCUT2D eigenvalue weighted by atomic mass is 10.0. The summed E-state index contributed by atoms with van der Waals surface area (Å²) in [4.78, 5) is 34.5. The van der Waals surface area contributed by atoms with Gasteiger partial charge in [0.2, 0.25) is 5.95 Å². The largest absolute Gasteiger partial charge is 0.466 e. The van der Waals surface area contributed by atoms with Gasteiger partial charge in [-0.1, -0.05) is 0 Å². The third-order valence-electron chi connectivity index (χ3n) is 3.25. The maximum atomic E-state index is 11.3. The number of Topliss-reactive ketones (excluding diaryl/α,β-unsaturated/α-hetero) is 1. The number of fused-ring (bicyclic) bond motifs is 1. The molecule has 0 aliphatic heterocycles. The quantitative estimate of drug-likeness (QED) is 0.758. The highest BCUT2D eigenvalue weighted by Gasteiger charge is 2.15. The summed E-state index contributed by atoms with van der Waals surface area (Å²) in [6, 6.07) is 0. The molecular formula is C14H19N5O3. The van der Waals surface area contributed by atoms with Crippen molar-refractivity contribution in [3.8, 4) is 0 Å². The molecule has 2 aromatic rings. The number of anilines is 1. The van der Waals surface area contributed by atoms with E-state index in [-0.39, 0.29) is 30.2 Å². The Morgan fingerprint density at radius 1 is 1.36 bits per heavy atom. The van der Waals surface area contributed by atoms with Crippen molar-refractivity contribution in [1.29, 1.82) is 0 Å². The van der Waals surface area contributed by atoms with Crippen LogP contribution in [0.15, 0.2) is 12.5 Å². The van der Waals surface area contributed by atoms with Crippen molar-refractivity contribution in [2.45, 2.75) is 33.2 Å². The number of ether oxygens (including phenoxy) is 1. The number of nitrogen functional groups attached to an aromatic ring is 1. The second-order valence-electron chi connectivity index (χ2n) is 5.24. The van der Waals surface area contributed by atoms with Crippen LogP contribution < -0.4 is 5.73 Å². The number of aromatic nitrogens is 4. The van der Waals surface area contributed by atoms with Crippen molar-refractivity contribution in [1.82, 2.24) is 19.5 Å². The van der Waals surface area contributed by atoms with Crippen molar-refractivity contribution in [3.05, 3.63) is 12.5 Å². The number of hydrogen-bond donors (Lipinski definition) is 1. The highest BCUT2D eigenvalue weighted by molar-refractivity contribution is 5.75. The molecule has 8 heteroatoms. The first kappa shape index (κ1) is 15.9. The van der Waals surface area contributed by atoms with Crippen molar-refractivity contribution in [2.24, 2.45) is 5.92 Å². The van der Waals surface area contributed by atoms with Crippen LogP contribution in [-0.2, 0) is 20.9 Å². The Hall–Kier alpha value is -2.51. The van der Waals surface area contributed by atoms with E-state index in [2.05, 4.69) is 15.0 Å². The summed E-state index contributed by atoms with van der Waals surface area (Å²) in [5.41, 5.74) is 6.91. The van der Waals surface area contributed by atoms with Gasteiger partial charge in [-0.2, -0.15) is 4.98 Å². The zero-order valence-corrected chi connectivity index (χ0v) is 12.7. The van der Waals surface area contributed by atoms with E-state index in [1.54, 1.807) is 12.5 Å². The van der Waals surface area contributed by atoms with Crippen LogP contribution in [0, 0.1) is 5.92 Å². The van der Waals surface area contributed by atoms with E-state index in [4.69, 9.17) is 10.5 Å². The Bertz CT molecular complexity index is 682. The molecule has 0 bridgehead atoms. The van der Waals surface area contributed by atoms with Gasteiger partial charge in [-0.15, -0.1) is 0 Å². The first-order chi connectivity index (χ1) is 10.5. The van der Waals surface area contributed by atoms with Crippen molar-refractivity contribution < 1.29 is 14.3 Å². The van der Waals surface area contributed by atoms with Crippen LogP contribution in [0.3, 0.4) is 0 Å². The molecule has 0 aromatic carbocycles. The number of nitrogens with two attached hydrogens (primary N) is 1. The summed E-state index contributed by atoms with van der Waals surface area (Å²) in [6.45, 7) is 3.72. The number of hydrogen-bond acceptors (Lipinski definition) is 7. The Labute approximate surface area is 127 Å². The van der Waals surface area contributed by atoms with Crippen molar-refractivity contribution in [3.63, 3.8) is 0 Å². The van der Waals surface area contributed by atoms with Gasteiger partial charge in [-0.05, 0) is 13.3 Å². The minimum atomic E-state index is -0.345. The Kier molecular flexibility index (Phi) is 5.03. The monoisotopic (exact) mass is 305 g/mol. The van der Waals surface area contributed by atoms with Crippen LogP contribution in [-0.4, -0.2) is 37.9 Å². The second-order valence-corrected chi connectivity index (χ2v) is 5.24. The van der Waals surface area contributed by atoms with E-state index in [0.29, 0.717) is 30.6 Å². The Morgan fingerprint density at radius 3 is 2.82 bits per heavy atom. The number of nitrogens with zero attached hydrogens (tertiary/aromatic N) is 4. The summed E-state index contributed by atoms with van der Waals surface area (Å²) < 4.78 is 6.88. The average Bonchev–Trinajstić information content (AvgIpc) is 2.83. The maximum Gasteiger partial charge on any atom is 0.302 e. The lowest BCUT2D eigenvalue weighted by Crippen LogP contribution is -2.17. The first-order valence-electron chi connectivity index (χ1n) is 7.02. The molecule has 0 fully saturated rings. The van der Waals surface area contributed by atoms with E-state index < -0.39 is 0 Å². The van der Waals surface area contributed by atoms with Crippen LogP contribution in [0.5, 0.6) is 0 Å². The molecule has 0 radical (unpaired) electrons. The van der Waals surface area contributed by atoms with E-state index in [9.17, 15) is 9.59 Å². The van der Waals surface area contributed by atoms with Gasteiger partial charge in [0.1, 0.15) is 11.3 Å². The van der Waals surface area contributed by atoms with Gasteiger partial charge < -0.3 is 19.8 Å².